The van der Waals surface area contributed by atoms with Gasteiger partial charge in [0.25, 0.3) is 5.56 Å². The first-order valence-electron chi connectivity index (χ1n) is 6.81. The Morgan fingerprint density at radius 2 is 2.05 bits per heavy atom. The molecule has 0 radical (unpaired) electrons. The van der Waals surface area contributed by atoms with E-state index >= 15 is 0 Å². The number of aromatic nitrogens is 3. The minimum absolute atomic E-state index is 0.0381. The predicted molar refractivity (Wildman–Crippen MR) is 84.1 cm³/mol. The maximum Gasteiger partial charge on any atom is 0.256 e. The average molecular weight is 280 g/mol. The van der Waals surface area contributed by atoms with Crippen molar-refractivity contribution < 1.29 is 0 Å². The lowest BCUT2D eigenvalue weighted by Crippen LogP contribution is -2.19. The van der Waals surface area contributed by atoms with E-state index in [2.05, 4.69) is 15.0 Å². The van der Waals surface area contributed by atoms with Crippen molar-refractivity contribution in [2.45, 2.75) is 19.8 Å². The van der Waals surface area contributed by atoms with Gasteiger partial charge in [-0.15, -0.1) is 0 Å². The Balaban J connectivity index is 2.17. The molecule has 0 saturated heterocycles. The molecule has 0 bridgehead atoms. The SMILES string of the molecule is CC(C)c1c(N)nc(-c2ccc3ncccc3c2)[nH]c1=O. The third kappa shape index (κ3) is 2.38. The number of nitrogens with zero attached hydrogens (tertiary/aromatic N) is 2. The van der Waals surface area contributed by atoms with Crippen molar-refractivity contribution in [3.63, 3.8) is 0 Å². The molecule has 5 heteroatoms. The van der Waals surface area contributed by atoms with Crippen LogP contribution in [0.2, 0.25) is 0 Å². The Morgan fingerprint density at radius 1 is 1.24 bits per heavy atom. The number of nitrogens with two attached hydrogens (primary N) is 1. The molecule has 0 aliphatic heterocycles. The summed E-state index contributed by atoms with van der Waals surface area (Å²) in [5, 5.41) is 0.990. The first kappa shape index (κ1) is 13.3. The van der Waals surface area contributed by atoms with Gasteiger partial charge in [0.2, 0.25) is 0 Å². The molecule has 0 amide bonds. The zero-order valence-corrected chi connectivity index (χ0v) is 11.9. The molecule has 3 aromatic rings. The van der Waals surface area contributed by atoms with Crippen molar-refractivity contribution in [2.75, 3.05) is 5.73 Å². The molecule has 3 rings (SSSR count). The monoisotopic (exact) mass is 280 g/mol. The van der Waals surface area contributed by atoms with E-state index in [4.69, 9.17) is 5.73 Å². The fraction of sp³-hybridized carbons (Fsp3) is 0.188. The van der Waals surface area contributed by atoms with Gasteiger partial charge in [0, 0.05) is 17.1 Å². The molecule has 0 spiro atoms. The quantitative estimate of drug-likeness (QED) is 0.755. The fourth-order valence-electron chi connectivity index (χ4n) is 2.42. The Hall–Kier alpha value is -2.69. The van der Waals surface area contributed by atoms with Crippen molar-refractivity contribution in [2.24, 2.45) is 0 Å². The van der Waals surface area contributed by atoms with Crippen LogP contribution in [0.5, 0.6) is 0 Å². The minimum Gasteiger partial charge on any atom is -0.383 e. The van der Waals surface area contributed by atoms with Crippen molar-refractivity contribution >= 4 is 16.7 Å². The van der Waals surface area contributed by atoms with Crippen LogP contribution in [0.15, 0.2) is 41.3 Å². The summed E-state index contributed by atoms with van der Waals surface area (Å²) in [5.74, 6) is 0.804. The van der Waals surface area contributed by atoms with Gasteiger partial charge in [0.15, 0.2) is 0 Å². The minimum atomic E-state index is -0.182. The molecule has 3 N–H and O–H groups in total. The summed E-state index contributed by atoms with van der Waals surface area (Å²) >= 11 is 0. The number of benzene rings is 1. The number of nitrogens with one attached hydrogen (secondary N) is 1. The largest absolute Gasteiger partial charge is 0.383 e. The summed E-state index contributed by atoms with van der Waals surface area (Å²) in [6, 6.07) is 9.56. The van der Waals surface area contributed by atoms with Crippen LogP contribution < -0.4 is 11.3 Å². The Bertz CT molecular complexity index is 868. The summed E-state index contributed by atoms with van der Waals surface area (Å²) in [6.07, 6.45) is 1.75. The Labute approximate surface area is 121 Å². The molecule has 0 saturated carbocycles. The molecule has 0 fully saturated rings. The summed E-state index contributed by atoms with van der Waals surface area (Å²) in [4.78, 5) is 23.6. The number of fused-ring (bicyclic) bond motifs is 1. The summed E-state index contributed by atoms with van der Waals surface area (Å²) in [7, 11) is 0. The third-order valence-electron chi connectivity index (χ3n) is 3.44. The number of hydrogen-bond acceptors (Lipinski definition) is 4. The van der Waals surface area contributed by atoms with Crippen LogP contribution in [0.4, 0.5) is 5.82 Å². The van der Waals surface area contributed by atoms with E-state index in [0.29, 0.717) is 11.4 Å². The Kier molecular flexibility index (Phi) is 3.17. The zero-order valence-electron chi connectivity index (χ0n) is 11.9. The van der Waals surface area contributed by atoms with Gasteiger partial charge in [-0.25, -0.2) is 4.98 Å². The molecular formula is C16H16N4O. The van der Waals surface area contributed by atoms with Crippen LogP contribution in [0.3, 0.4) is 0 Å². The lowest BCUT2D eigenvalue weighted by Gasteiger charge is -2.09. The fourth-order valence-corrected chi connectivity index (χ4v) is 2.42. The second-order valence-corrected chi connectivity index (χ2v) is 5.28. The smallest absolute Gasteiger partial charge is 0.256 e. The summed E-state index contributed by atoms with van der Waals surface area (Å²) in [6.45, 7) is 3.84. The van der Waals surface area contributed by atoms with E-state index in [1.54, 1.807) is 6.20 Å². The molecule has 1 aromatic carbocycles. The molecule has 0 aliphatic carbocycles. The first-order valence-corrected chi connectivity index (χ1v) is 6.81. The van der Waals surface area contributed by atoms with E-state index in [1.807, 2.05) is 44.2 Å². The van der Waals surface area contributed by atoms with Crippen molar-refractivity contribution in [3.8, 4) is 11.4 Å². The van der Waals surface area contributed by atoms with E-state index in [1.165, 1.54) is 0 Å². The standard InChI is InChI=1S/C16H16N4O/c1-9(2)13-14(17)19-15(20-16(13)21)11-5-6-12-10(8-11)4-3-7-18-12/h3-9H,1-2H3,(H3,17,19,20,21). The van der Waals surface area contributed by atoms with Gasteiger partial charge in [-0.1, -0.05) is 19.9 Å². The van der Waals surface area contributed by atoms with Crippen LogP contribution >= 0.6 is 0 Å². The lowest BCUT2D eigenvalue weighted by molar-refractivity contribution is 0.837. The highest BCUT2D eigenvalue weighted by Crippen LogP contribution is 2.22. The van der Waals surface area contributed by atoms with E-state index < -0.39 is 0 Å². The van der Waals surface area contributed by atoms with Gasteiger partial charge in [-0.05, 0) is 30.2 Å². The number of rotatable bonds is 2. The molecule has 106 valence electrons. The normalized spacial score (nSPS) is 11.2. The van der Waals surface area contributed by atoms with Crippen molar-refractivity contribution in [1.29, 1.82) is 0 Å². The van der Waals surface area contributed by atoms with Gasteiger partial charge in [0.05, 0.1) is 11.1 Å². The second-order valence-electron chi connectivity index (χ2n) is 5.28. The van der Waals surface area contributed by atoms with Crippen LogP contribution in [-0.2, 0) is 0 Å². The molecular weight excluding hydrogens is 264 g/mol. The average Bonchev–Trinajstić information content (AvgIpc) is 2.45. The summed E-state index contributed by atoms with van der Waals surface area (Å²) in [5.41, 5.74) is 7.99. The van der Waals surface area contributed by atoms with E-state index in [9.17, 15) is 4.79 Å². The van der Waals surface area contributed by atoms with Crippen molar-refractivity contribution in [1.82, 2.24) is 15.0 Å². The Morgan fingerprint density at radius 3 is 2.76 bits per heavy atom. The predicted octanol–water partition coefficient (Wildman–Crippen LogP) is 2.69. The van der Waals surface area contributed by atoms with Gasteiger partial charge in [-0.3, -0.25) is 9.78 Å². The summed E-state index contributed by atoms with van der Waals surface area (Å²) < 4.78 is 0. The molecule has 2 heterocycles. The van der Waals surface area contributed by atoms with Gasteiger partial charge >= 0.3 is 0 Å². The number of aromatic amines is 1. The molecule has 0 aliphatic rings. The van der Waals surface area contributed by atoms with Crippen LogP contribution in [0.1, 0.15) is 25.3 Å². The topological polar surface area (TPSA) is 84.7 Å². The number of pyridine rings is 1. The number of H-pyrrole nitrogens is 1. The first-order chi connectivity index (χ1) is 10.1. The molecule has 21 heavy (non-hydrogen) atoms. The van der Waals surface area contributed by atoms with Crippen LogP contribution in [0.25, 0.3) is 22.3 Å². The van der Waals surface area contributed by atoms with Gasteiger partial charge in [0.1, 0.15) is 11.6 Å². The van der Waals surface area contributed by atoms with Gasteiger partial charge in [-0.2, -0.15) is 0 Å². The van der Waals surface area contributed by atoms with Crippen LogP contribution in [0, 0.1) is 0 Å². The van der Waals surface area contributed by atoms with Crippen molar-refractivity contribution in [3.05, 3.63) is 52.4 Å². The molecule has 5 nitrogen and oxygen atoms in total. The van der Waals surface area contributed by atoms with Crippen LogP contribution in [-0.4, -0.2) is 15.0 Å². The van der Waals surface area contributed by atoms with Gasteiger partial charge < -0.3 is 10.7 Å². The lowest BCUT2D eigenvalue weighted by atomic mass is 10.1. The number of nitrogen functional groups attached to an aromatic ring is 1. The highest BCUT2D eigenvalue weighted by atomic mass is 16.1. The number of hydrogen-bond donors (Lipinski definition) is 2. The number of anilines is 1. The molecule has 0 unspecified atom stereocenters. The van der Waals surface area contributed by atoms with E-state index in [-0.39, 0.29) is 17.3 Å². The highest BCUT2D eigenvalue weighted by molar-refractivity contribution is 5.83. The van der Waals surface area contributed by atoms with E-state index in [0.717, 1.165) is 16.5 Å². The highest BCUT2D eigenvalue weighted by Gasteiger charge is 2.13. The zero-order chi connectivity index (χ0) is 15.0. The second kappa shape index (κ2) is 5.01. The maximum atomic E-state index is 12.2. The molecule has 2 aromatic heterocycles. The third-order valence-corrected chi connectivity index (χ3v) is 3.44. The maximum absolute atomic E-state index is 12.2. The molecule has 0 atom stereocenters.